The SMILES string of the molecule is CCSc1nc(NCCOCCO)c2c3c(sc2n1)CO[C@@](C)(CC)C3. The first-order valence-corrected chi connectivity index (χ1v) is 10.9. The number of anilines is 1. The van der Waals surface area contributed by atoms with Crippen molar-refractivity contribution in [3.8, 4) is 0 Å². The van der Waals surface area contributed by atoms with Crippen LogP contribution < -0.4 is 5.32 Å². The predicted molar refractivity (Wildman–Crippen MR) is 107 cm³/mol. The van der Waals surface area contributed by atoms with Crippen LogP contribution in [0.4, 0.5) is 5.82 Å². The van der Waals surface area contributed by atoms with E-state index in [4.69, 9.17) is 24.5 Å². The highest BCUT2D eigenvalue weighted by Gasteiger charge is 2.33. The summed E-state index contributed by atoms with van der Waals surface area (Å²) < 4.78 is 11.5. The van der Waals surface area contributed by atoms with E-state index in [-0.39, 0.29) is 12.2 Å². The van der Waals surface area contributed by atoms with Crippen molar-refractivity contribution in [2.45, 2.75) is 51.0 Å². The van der Waals surface area contributed by atoms with Crippen LogP contribution in [0.15, 0.2) is 5.16 Å². The number of fused-ring (bicyclic) bond motifs is 3. The molecule has 0 spiro atoms. The predicted octanol–water partition coefficient (Wildman–Crippen LogP) is 3.47. The molecule has 0 aliphatic carbocycles. The Morgan fingerprint density at radius 3 is 2.92 bits per heavy atom. The van der Waals surface area contributed by atoms with E-state index in [0.29, 0.717) is 26.4 Å². The molecule has 6 nitrogen and oxygen atoms in total. The maximum absolute atomic E-state index is 8.82. The van der Waals surface area contributed by atoms with Gasteiger partial charge in [0.15, 0.2) is 5.16 Å². The number of rotatable bonds is 9. The number of hydrogen-bond acceptors (Lipinski definition) is 8. The summed E-state index contributed by atoms with van der Waals surface area (Å²) in [5.74, 6) is 1.82. The number of ether oxygens (including phenoxy) is 2. The molecule has 0 unspecified atom stereocenters. The summed E-state index contributed by atoms with van der Waals surface area (Å²) in [6.45, 7) is 8.69. The molecule has 3 rings (SSSR count). The van der Waals surface area contributed by atoms with E-state index < -0.39 is 0 Å². The Labute approximate surface area is 162 Å². The summed E-state index contributed by atoms with van der Waals surface area (Å²) in [4.78, 5) is 11.8. The molecular formula is C18H27N3O3S2. The van der Waals surface area contributed by atoms with Gasteiger partial charge in [-0.3, -0.25) is 0 Å². The van der Waals surface area contributed by atoms with Gasteiger partial charge in [-0.25, -0.2) is 9.97 Å². The molecule has 3 heterocycles. The molecule has 0 fully saturated rings. The zero-order chi connectivity index (χ0) is 18.6. The summed E-state index contributed by atoms with van der Waals surface area (Å²) in [5, 5.41) is 14.2. The number of thioether (sulfide) groups is 1. The van der Waals surface area contributed by atoms with Crippen LogP contribution in [-0.2, 0) is 22.5 Å². The Kier molecular flexibility index (Phi) is 6.74. The fourth-order valence-electron chi connectivity index (χ4n) is 3.01. The van der Waals surface area contributed by atoms with Gasteiger partial charge in [0.25, 0.3) is 0 Å². The highest BCUT2D eigenvalue weighted by molar-refractivity contribution is 7.99. The monoisotopic (exact) mass is 397 g/mol. The zero-order valence-electron chi connectivity index (χ0n) is 15.6. The molecule has 2 aromatic heterocycles. The van der Waals surface area contributed by atoms with Gasteiger partial charge >= 0.3 is 0 Å². The molecule has 0 aromatic carbocycles. The summed E-state index contributed by atoms with van der Waals surface area (Å²) in [7, 11) is 0. The number of aliphatic hydroxyl groups is 1. The van der Waals surface area contributed by atoms with Crippen molar-refractivity contribution in [1.82, 2.24) is 9.97 Å². The first kappa shape index (κ1) is 19.8. The lowest BCUT2D eigenvalue weighted by Gasteiger charge is -2.33. The van der Waals surface area contributed by atoms with Gasteiger partial charge in [-0.05, 0) is 24.7 Å². The third-order valence-electron chi connectivity index (χ3n) is 4.61. The van der Waals surface area contributed by atoms with E-state index in [1.807, 2.05) is 0 Å². The summed E-state index contributed by atoms with van der Waals surface area (Å²) in [6.07, 6.45) is 1.87. The lowest BCUT2D eigenvalue weighted by atomic mass is 9.90. The fourth-order valence-corrected chi connectivity index (χ4v) is 4.74. The molecule has 2 N–H and O–H groups in total. The third kappa shape index (κ3) is 4.31. The number of nitrogens with one attached hydrogen (secondary N) is 1. The molecule has 0 saturated heterocycles. The maximum atomic E-state index is 8.82. The van der Waals surface area contributed by atoms with Gasteiger partial charge in [0.1, 0.15) is 10.6 Å². The van der Waals surface area contributed by atoms with Crippen molar-refractivity contribution in [1.29, 1.82) is 0 Å². The highest BCUT2D eigenvalue weighted by Crippen LogP contribution is 2.42. The van der Waals surface area contributed by atoms with E-state index >= 15 is 0 Å². The Hall–Kier alpha value is -0.930. The minimum atomic E-state index is -0.126. The number of aliphatic hydroxyl groups excluding tert-OH is 1. The molecule has 1 aliphatic heterocycles. The summed E-state index contributed by atoms with van der Waals surface area (Å²) in [5.41, 5.74) is 1.20. The smallest absolute Gasteiger partial charge is 0.190 e. The van der Waals surface area contributed by atoms with Gasteiger partial charge in [0.2, 0.25) is 0 Å². The third-order valence-corrected chi connectivity index (χ3v) is 6.44. The lowest BCUT2D eigenvalue weighted by molar-refractivity contribution is -0.0542. The molecule has 0 bridgehead atoms. The standard InChI is InChI=1S/C18H27N3O3S2/c1-4-18(3)10-12-13(11-24-18)26-16-14(12)15(19-6-8-23-9-7-22)20-17(21-16)25-5-2/h22H,4-11H2,1-3H3,(H,19,20,21)/t18-/m0/s1. The second kappa shape index (κ2) is 8.84. The Bertz CT molecular complexity index is 753. The second-order valence-corrected chi connectivity index (χ2v) is 8.82. The van der Waals surface area contributed by atoms with Crippen LogP contribution in [0.1, 0.15) is 37.6 Å². The molecule has 8 heteroatoms. The minimum Gasteiger partial charge on any atom is -0.394 e. The van der Waals surface area contributed by atoms with Crippen LogP contribution >= 0.6 is 23.1 Å². The largest absolute Gasteiger partial charge is 0.394 e. The van der Waals surface area contributed by atoms with Gasteiger partial charge in [-0.1, -0.05) is 25.6 Å². The molecule has 0 amide bonds. The molecule has 0 radical (unpaired) electrons. The Morgan fingerprint density at radius 2 is 2.19 bits per heavy atom. The molecule has 1 aliphatic rings. The van der Waals surface area contributed by atoms with Gasteiger partial charge in [-0.2, -0.15) is 0 Å². The number of hydrogen-bond donors (Lipinski definition) is 2. The molecule has 26 heavy (non-hydrogen) atoms. The summed E-state index contributed by atoms with van der Waals surface area (Å²) in [6, 6.07) is 0. The molecule has 0 saturated carbocycles. The lowest BCUT2D eigenvalue weighted by Crippen LogP contribution is -2.34. The molecular weight excluding hydrogens is 370 g/mol. The topological polar surface area (TPSA) is 76.5 Å². The van der Waals surface area contributed by atoms with Crippen LogP contribution in [0.25, 0.3) is 10.2 Å². The van der Waals surface area contributed by atoms with E-state index in [1.54, 1.807) is 23.1 Å². The highest BCUT2D eigenvalue weighted by atomic mass is 32.2. The average molecular weight is 398 g/mol. The Balaban J connectivity index is 1.93. The normalized spacial score (nSPS) is 19.7. The minimum absolute atomic E-state index is 0.0443. The van der Waals surface area contributed by atoms with Crippen LogP contribution in [0.2, 0.25) is 0 Å². The van der Waals surface area contributed by atoms with E-state index in [2.05, 4.69) is 26.1 Å². The van der Waals surface area contributed by atoms with Gasteiger partial charge in [0.05, 0.1) is 37.4 Å². The van der Waals surface area contributed by atoms with Gasteiger partial charge in [0, 0.05) is 17.8 Å². The van der Waals surface area contributed by atoms with Gasteiger partial charge < -0.3 is 19.9 Å². The summed E-state index contributed by atoms with van der Waals surface area (Å²) >= 11 is 3.37. The van der Waals surface area contributed by atoms with E-state index in [1.165, 1.54) is 10.4 Å². The average Bonchev–Trinajstić information content (AvgIpc) is 2.99. The van der Waals surface area contributed by atoms with E-state index in [0.717, 1.165) is 39.8 Å². The maximum Gasteiger partial charge on any atom is 0.190 e. The number of thiophene rings is 1. The second-order valence-electron chi connectivity index (χ2n) is 6.50. The van der Waals surface area contributed by atoms with Crippen molar-refractivity contribution in [3.63, 3.8) is 0 Å². The first-order valence-electron chi connectivity index (χ1n) is 9.11. The van der Waals surface area contributed by atoms with Crippen molar-refractivity contribution in [3.05, 3.63) is 10.4 Å². The van der Waals surface area contributed by atoms with Gasteiger partial charge in [-0.15, -0.1) is 11.3 Å². The van der Waals surface area contributed by atoms with Crippen molar-refractivity contribution in [2.24, 2.45) is 0 Å². The fraction of sp³-hybridized carbons (Fsp3) is 0.667. The van der Waals surface area contributed by atoms with Crippen LogP contribution in [0.5, 0.6) is 0 Å². The molecule has 144 valence electrons. The van der Waals surface area contributed by atoms with Crippen molar-refractivity contribution >= 4 is 39.1 Å². The Morgan fingerprint density at radius 1 is 1.35 bits per heavy atom. The van der Waals surface area contributed by atoms with Crippen LogP contribution in [0, 0.1) is 0 Å². The first-order chi connectivity index (χ1) is 12.6. The van der Waals surface area contributed by atoms with Crippen molar-refractivity contribution < 1.29 is 14.6 Å². The van der Waals surface area contributed by atoms with E-state index in [9.17, 15) is 0 Å². The number of nitrogens with zero attached hydrogens (tertiary/aromatic N) is 2. The van der Waals surface area contributed by atoms with Crippen LogP contribution in [-0.4, -0.2) is 52.8 Å². The molecule has 1 atom stereocenters. The zero-order valence-corrected chi connectivity index (χ0v) is 17.3. The van der Waals surface area contributed by atoms with Crippen molar-refractivity contribution in [2.75, 3.05) is 37.4 Å². The van der Waals surface area contributed by atoms with Crippen LogP contribution in [0.3, 0.4) is 0 Å². The number of aromatic nitrogens is 2. The molecule has 2 aromatic rings. The quantitative estimate of drug-likeness (QED) is 0.381.